The molecule has 3 heteroatoms. The lowest BCUT2D eigenvalue weighted by Gasteiger charge is -2.09. The summed E-state index contributed by atoms with van der Waals surface area (Å²) in [5, 5.41) is 3.34. The summed E-state index contributed by atoms with van der Waals surface area (Å²) in [5.41, 5.74) is 0. The van der Waals surface area contributed by atoms with E-state index in [-0.39, 0.29) is 0 Å². The van der Waals surface area contributed by atoms with Crippen molar-refractivity contribution < 1.29 is 4.74 Å². The highest BCUT2D eigenvalue weighted by Crippen LogP contribution is 1.99. The standard InChI is InChI=1S/C12H28N2O/c1-4-13-9-7-5-6-8-11-15-12-10-14(2)3/h13H,4-12H2,1-3H3. The van der Waals surface area contributed by atoms with Crippen LogP contribution in [0.15, 0.2) is 0 Å². The third kappa shape index (κ3) is 13.9. The molecule has 0 fully saturated rings. The maximum Gasteiger partial charge on any atom is 0.0593 e. The predicted molar refractivity (Wildman–Crippen MR) is 66.4 cm³/mol. The van der Waals surface area contributed by atoms with E-state index in [1.54, 1.807) is 0 Å². The van der Waals surface area contributed by atoms with E-state index in [4.69, 9.17) is 4.74 Å². The molecule has 0 amide bonds. The highest BCUT2D eigenvalue weighted by atomic mass is 16.5. The van der Waals surface area contributed by atoms with Crippen LogP contribution in [0.25, 0.3) is 0 Å². The van der Waals surface area contributed by atoms with Crippen LogP contribution in [0.2, 0.25) is 0 Å². The van der Waals surface area contributed by atoms with Crippen LogP contribution in [0.1, 0.15) is 32.6 Å². The molecule has 0 aliphatic rings. The van der Waals surface area contributed by atoms with Crippen molar-refractivity contribution in [2.45, 2.75) is 32.6 Å². The zero-order valence-corrected chi connectivity index (χ0v) is 10.7. The summed E-state index contributed by atoms with van der Waals surface area (Å²) in [5.74, 6) is 0. The van der Waals surface area contributed by atoms with Crippen LogP contribution in [0.4, 0.5) is 0 Å². The first kappa shape index (κ1) is 14.9. The minimum atomic E-state index is 0.865. The molecule has 0 saturated carbocycles. The summed E-state index contributed by atoms with van der Waals surface area (Å²) in [6.45, 7) is 7.23. The molecule has 92 valence electrons. The number of hydrogen-bond donors (Lipinski definition) is 1. The quantitative estimate of drug-likeness (QED) is 0.532. The Morgan fingerprint density at radius 2 is 1.73 bits per heavy atom. The molecule has 0 aromatic carbocycles. The Morgan fingerprint density at radius 1 is 1.00 bits per heavy atom. The van der Waals surface area contributed by atoms with Gasteiger partial charge in [-0.05, 0) is 40.0 Å². The Kier molecular flexibility index (Phi) is 11.9. The molecule has 0 heterocycles. The Labute approximate surface area is 95.2 Å². The number of rotatable bonds is 11. The number of nitrogens with one attached hydrogen (secondary N) is 1. The fraction of sp³-hybridized carbons (Fsp3) is 1.00. The molecule has 0 atom stereocenters. The third-order valence-electron chi connectivity index (χ3n) is 2.33. The van der Waals surface area contributed by atoms with Crippen molar-refractivity contribution in [2.75, 3.05) is 46.9 Å². The van der Waals surface area contributed by atoms with E-state index in [1.165, 1.54) is 25.7 Å². The van der Waals surface area contributed by atoms with E-state index < -0.39 is 0 Å². The van der Waals surface area contributed by atoms with Crippen molar-refractivity contribution in [3.8, 4) is 0 Å². The Balaban J connectivity index is 2.87. The fourth-order valence-corrected chi connectivity index (χ4v) is 1.33. The molecule has 3 nitrogen and oxygen atoms in total. The predicted octanol–water partition coefficient (Wildman–Crippen LogP) is 1.73. The zero-order chi connectivity index (χ0) is 11.4. The SMILES string of the molecule is CCNCCCCCCOCCN(C)C. The van der Waals surface area contributed by atoms with Gasteiger partial charge in [0.25, 0.3) is 0 Å². The molecule has 0 aromatic rings. The highest BCUT2D eigenvalue weighted by molar-refractivity contribution is 4.47. The van der Waals surface area contributed by atoms with E-state index in [0.717, 1.165) is 32.8 Å². The second kappa shape index (κ2) is 12.0. The molecule has 0 aliphatic carbocycles. The Morgan fingerprint density at radius 3 is 2.40 bits per heavy atom. The van der Waals surface area contributed by atoms with Gasteiger partial charge in [0.05, 0.1) is 6.61 Å². The molecule has 1 N–H and O–H groups in total. The van der Waals surface area contributed by atoms with Crippen LogP contribution < -0.4 is 5.32 Å². The van der Waals surface area contributed by atoms with Crippen LogP contribution in [0.5, 0.6) is 0 Å². The van der Waals surface area contributed by atoms with Gasteiger partial charge in [0.15, 0.2) is 0 Å². The molecule has 0 aromatic heterocycles. The molecule has 0 saturated heterocycles. The van der Waals surface area contributed by atoms with Gasteiger partial charge in [0.1, 0.15) is 0 Å². The first-order valence-electron chi connectivity index (χ1n) is 6.20. The Bertz CT molecular complexity index is 118. The summed E-state index contributed by atoms with van der Waals surface area (Å²) in [6.07, 6.45) is 5.13. The summed E-state index contributed by atoms with van der Waals surface area (Å²) in [7, 11) is 4.15. The van der Waals surface area contributed by atoms with E-state index >= 15 is 0 Å². The number of hydrogen-bond acceptors (Lipinski definition) is 3. The molecule has 0 unspecified atom stereocenters. The van der Waals surface area contributed by atoms with E-state index in [1.807, 2.05) is 0 Å². The second-order valence-corrected chi connectivity index (χ2v) is 4.18. The molecule has 0 aliphatic heterocycles. The van der Waals surface area contributed by atoms with Crippen molar-refractivity contribution in [1.82, 2.24) is 10.2 Å². The van der Waals surface area contributed by atoms with Crippen LogP contribution in [0, 0.1) is 0 Å². The number of nitrogens with zero attached hydrogens (tertiary/aromatic N) is 1. The van der Waals surface area contributed by atoms with Crippen molar-refractivity contribution in [3.63, 3.8) is 0 Å². The normalized spacial score (nSPS) is 11.2. The lowest BCUT2D eigenvalue weighted by atomic mass is 10.2. The van der Waals surface area contributed by atoms with Gasteiger partial charge in [0, 0.05) is 13.2 Å². The number of unbranched alkanes of at least 4 members (excludes halogenated alkanes) is 3. The fourth-order valence-electron chi connectivity index (χ4n) is 1.33. The van der Waals surface area contributed by atoms with Crippen molar-refractivity contribution >= 4 is 0 Å². The van der Waals surface area contributed by atoms with E-state index in [2.05, 4.69) is 31.2 Å². The first-order valence-corrected chi connectivity index (χ1v) is 6.20. The average molecular weight is 216 g/mol. The smallest absolute Gasteiger partial charge is 0.0593 e. The number of ether oxygens (including phenoxy) is 1. The maximum absolute atomic E-state index is 5.51. The topological polar surface area (TPSA) is 24.5 Å². The summed E-state index contributed by atoms with van der Waals surface area (Å²) in [4.78, 5) is 2.15. The van der Waals surface area contributed by atoms with Crippen molar-refractivity contribution in [3.05, 3.63) is 0 Å². The van der Waals surface area contributed by atoms with Gasteiger partial charge < -0.3 is 15.0 Å². The average Bonchev–Trinajstić information content (AvgIpc) is 2.20. The lowest BCUT2D eigenvalue weighted by molar-refractivity contribution is 0.114. The van der Waals surface area contributed by atoms with Crippen molar-refractivity contribution in [1.29, 1.82) is 0 Å². The largest absolute Gasteiger partial charge is 0.380 e. The van der Waals surface area contributed by atoms with Crippen molar-refractivity contribution in [2.24, 2.45) is 0 Å². The van der Waals surface area contributed by atoms with Crippen LogP contribution in [-0.4, -0.2) is 51.8 Å². The van der Waals surface area contributed by atoms with Crippen LogP contribution >= 0.6 is 0 Å². The van der Waals surface area contributed by atoms with Gasteiger partial charge in [0.2, 0.25) is 0 Å². The van der Waals surface area contributed by atoms with Gasteiger partial charge in [-0.1, -0.05) is 19.8 Å². The van der Waals surface area contributed by atoms with E-state index in [9.17, 15) is 0 Å². The van der Waals surface area contributed by atoms with Crippen LogP contribution in [-0.2, 0) is 4.74 Å². The molecule has 15 heavy (non-hydrogen) atoms. The summed E-state index contributed by atoms with van der Waals surface area (Å²) >= 11 is 0. The van der Waals surface area contributed by atoms with Gasteiger partial charge >= 0.3 is 0 Å². The van der Waals surface area contributed by atoms with Gasteiger partial charge in [-0.25, -0.2) is 0 Å². The molecule has 0 radical (unpaired) electrons. The van der Waals surface area contributed by atoms with Gasteiger partial charge in [-0.3, -0.25) is 0 Å². The second-order valence-electron chi connectivity index (χ2n) is 4.18. The molecule has 0 spiro atoms. The number of likely N-dealkylation sites (N-methyl/N-ethyl adjacent to an activating group) is 1. The lowest BCUT2D eigenvalue weighted by Crippen LogP contribution is -2.18. The minimum Gasteiger partial charge on any atom is -0.380 e. The highest BCUT2D eigenvalue weighted by Gasteiger charge is 1.92. The van der Waals surface area contributed by atoms with Gasteiger partial charge in [-0.15, -0.1) is 0 Å². The van der Waals surface area contributed by atoms with Crippen LogP contribution in [0.3, 0.4) is 0 Å². The molecular formula is C12H28N2O. The summed E-state index contributed by atoms with van der Waals surface area (Å²) in [6, 6.07) is 0. The Hall–Kier alpha value is -0.120. The maximum atomic E-state index is 5.51. The molecule has 0 bridgehead atoms. The van der Waals surface area contributed by atoms with E-state index in [0.29, 0.717) is 0 Å². The first-order chi connectivity index (χ1) is 7.27. The molecule has 0 rings (SSSR count). The monoisotopic (exact) mass is 216 g/mol. The third-order valence-corrected chi connectivity index (χ3v) is 2.33. The summed E-state index contributed by atoms with van der Waals surface area (Å²) < 4.78 is 5.51. The zero-order valence-electron chi connectivity index (χ0n) is 10.7. The minimum absolute atomic E-state index is 0.865. The molecular weight excluding hydrogens is 188 g/mol. The van der Waals surface area contributed by atoms with Gasteiger partial charge in [-0.2, -0.15) is 0 Å².